The van der Waals surface area contributed by atoms with Gasteiger partial charge in [0.2, 0.25) is 0 Å². The summed E-state index contributed by atoms with van der Waals surface area (Å²) in [6, 6.07) is 3.98. The van der Waals surface area contributed by atoms with E-state index in [-0.39, 0.29) is 0 Å². The second-order valence-electron chi connectivity index (χ2n) is 2.71. The van der Waals surface area contributed by atoms with E-state index in [1.54, 1.807) is 11.3 Å². The smallest absolute Gasteiger partial charge is 0.427 e. The molecular formula is C9H12N2O2S. The maximum Gasteiger partial charge on any atom is 0.427 e. The predicted octanol–water partition coefficient (Wildman–Crippen LogP) is 2.14. The molecule has 0 saturated carbocycles. The van der Waals surface area contributed by atoms with E-state index in [0.717, 1.165) is 10.6 Å². The van der Waals surface area contributed by atoms with E-state index in [0.29, 0.717) is 0 Å². The zero-order valence-electron chi connectivity index (χ0n) is 8.33. The Balaban J connectivity index is 2.65. The number of nitrogens with zero attached hydrogens (tertiary/aromatic N) is 1. The van der Waals surface area contributed by atoms with Crippen LogP contribution in [0.4, 0.5) is 4.79 Å². The van der Waals surface area contributed by atoms with Crippen molar-refractivity contribution >= 4 is 23.1 Å². The molecule has 0 fully saturated rings. The molecule has 5 heteroatoms. The van der Waals surface area contributed by atoms with Crippen LogP contribution in [0.25, 0.3) is 0 Å². The normalized spacial score (nSPS) is 11.2. The third-order valence-electron chi connectivity index (χ3n) is 1.60. The average molecular weight is 212 g/mol. The minimum Gasteiger partial charge on any atom is -0.452 e. The lowest BCUT2D eigenvalue weighted by atomic mass is 10.3. The van der Waals surface area contributed by atoms with E-state index in [1.807, 2.05) is 26.0 Å². The molecule has 76 valence electrons. The Morgan fingerprint density at radius 1 is 1.57 bits per heavy atom. The summed E-state index contributed by atoms with van der Waals surface area (Å²) in [6.45, 7) is 3.86. The Kier molecular flexibility index (Phi) is 3.64. The topological polar surface area (TPSA) is 50.7 Å². The second kappa shape index (κ2) is 4.76. The van der Waals surface area contributed by atoms with E-state index < -0.39 is 6.09 Å². The molecule has 0 aromatic carbocycles. The summed E-state index contributed by atoms with van der Waals surface area (Å²) < 4.78 is 4.39. The van der Waals surface area contributed by atoms with Crippen LogP contribution >= 0.6 is 11.3 Å². The van der Waals surface area contributed by atoms with Gasteiger partial charge in [-0.05, 0) is 26.0 Å². The molecule has 1 N–H and O–H groups in total. The van der Waals surface area contributed by atoms with E-state index in [1.165, 1.54) is 12.0 Å². The van der Waals surface area contributed by atoms with Gasteiger partial charge < -0.3 is 4.74 Å². The van der Waals surface area contributed by atoms with Crippen LogP contribution in [0, 0.1) is 6.92 Å². The SMILES string of the molecule is COC(=O)N/N=C(\C)c1ccc(C)s1. The summed E-state index contributed by atoms with van der Waals surface area (Å²) in [5.74, 6) is 0. The number of nitrogens with one attached hydrogen (secondary N) is 1. The molecule has 1 aromatic heterocycles. The number of hydrogen-bond donors (Lipinski definition) is 1. The van der Waals surface area contributed by atoms with E-state index >= 15 is 0 Å². The third-order valence-corrected chi connectivity index (χ3v) is 2.71. The summed E-state index contributed by atoms with van der Waals surface area (Å²) in [5.41, 5.74) is 3.05. The van der Waals surface area contributed by atoms with Crippen LogP contribution in [-0.2, 0) is 4.74 Å². The Hall–Kier alpha value is -1.36. The maximum atomic E-state index is 10.7. The molecule has 0 aliphatic carbocycles. The molecule has 0 bridgehead atoms. The number of carbonyl (C=O) groups excluding carboxylic acids is 1. The van der Waals surface area contributed by atoms with E-state index in [9.17, 15) is 4.79 Å². The maximum absolute atomic E-state index is 10.7. The van der Waals surface area contributed by atoms with Crippen molar-refractivity contribution in [3.63, 3.8) is 0 Å². The molecule has 0 spiro atoms. The molecule has 1 rings (SSSR count). The largest absolute Gasteiger partial charge is 0.452 e. The number of methoxy groups -OCH3 is 1. The minimum atomic E-state index is -0.558. The van der Waals surface area contributed by atoms with Crippen LogP contribution < -0.4 is 5.43 Å². The van der Waals surface area contributed by atoms with Crippen molar-refractivity contribution in [2.24, 2.45) is 5.10 Å². The number of amides is 1. The lowest BCUT2D eigenvalue weighted by Crippen LogP contribution is -2.18. The molecule has 0 unspecified atom stereocenters. The Morgan fingerprint density at radius 2 is 2.29 bits per heavy atom. The number of hydrazone groups is 1. The Labute approximate surface area is 86.6 Å². The lowest BCUT2D eigenvalue weighted by Gasteiger charge is -1.98. The molecule has 0 aliphatic heterocycles. The lowest BCUT2D eigenvalue weighted by molar-refractivity contribution is 0.171. The van der Waals surface area contributed by atoms with Gasteiger partial charge in [0.05, 0.1) is 17.7 Å². The number of thiophene rings is 1. The van der Waals surface area contributed by atoms with Gasteiger partial charge in [0.15, 0.2) is 0 Å². The standard InChI is InChI=1S/C9H12N2O2S/c1-6-4-5-8(14-6)7(2)10-11-9(12)13-3/h4-5H,1-3H3,(H,11,12)/b10-7+. The molecule has 0 saturated heterocycles. The minimum absolute atomic E-state index is 0.558. The average Bonchev–Trinajstić information content (AvgIpc) is 2.60. The van der Waals surface area contributed by atoms with Crippen LogP contribution in [0.15, 0.2) is 17.2 Å². The molecule has 0 aliphatic rings. The number of carbonyl (C=O) groups is 1. The highest BCUT2D eigenvalue weighted by Gasteiger charge is 2.01. The first-order valence-electron chi connectivity index (χ1n) is 4.08. The van der Waals surface area contributed by atoms with Gasteiger partial charge in [-0.2, -0.15) is 5.10 Å². The van der Waals surface area contributed by atoms with Gasteiger partial charge in [0, 0.05) is 4.88 Å². The predicted molar refractivity (Wildman–Crippen MR) is 56.8 cm³/mol. The Morgan fingerprint density at radius 3 is 2.79 bits per heavy atom. The Bertz CT molecular complexity index is 357. The van der Waals surface area contributed by atoms with Gasteiger partial charge in [-0.1, -0.05) is 0 Å². The van der Waals surface area contributed by atoms with Crippen molar-refractivity contribution in [2.45, 2.75) is 13.8 Å². The molecule has 0 atom stereocenters. The molecule has 1 amide bonds. The van der Waals surface area contributed by atoms with Crippen molar-refractivity contribution in [3.05, 3.63) is 21.9 Å². The molecular weight excluding hydrogens is 200 g/mol. The van der Waals surface area contributed by atoms with Gasteiger partial charge in [-0.15, -0.1) is 11.3 Å². The van der Waals surface area contributed by atoms with E-state index in [4.69, 9.17) is 0 Å². The second-order valence-corrected chi connectivity index (χ2v) is 4.00. The van der Waals surface area contributed by atoms with Gasteiger partial charge in [-0.25, -0.2) is 10.2 Å². The first-order valence-corrected chi connectivity index (χ1v) is 4.90. The zero-order chi connectivity index (χ0) is 10.6. The number of aryl methyl sites for hydroxylation is 1. The molecule has 1 aromatic rings. The van der Waals surface area contributed by atoms with Crippen LogP contribution in [0.3, 0.4) is 0 Å². The zero-order valence-corrected chi connectivity index (χ0v) is 9.14. The molecule has 0 radical (unpaired) electrons. The van der Waals surface area contributed by atoms with Crippen LogP contribution in [-0.4, -0.2) is 18.9 Å². The fourth-order valence-electron chi connectivity index (χ4n) is 0.859. The summed E-state index contributed by atoms with van der Waals surface area (Å²) in [7, 11) is 1.30. The van der Waals surface area contributed by atoms with Gasteiger partial charge >= 0.3 is 6.09 Å². The van der Waals surface area contributed by atoms with Crippen LogP contribution in [0.5, 0.6) is 0 Å². The quantitative estimate of drug-likeness (QED) is 0.603. The first-order chi connectivity index (χ1) is 6.63. The van der Waals surface area contributed by atoms with Crippen molar-refractivity contribution in [1.82, 2.24) is 5.43 Å². The molecule has 4 nitrogen and oxygen atoms in total. The number of hydrogen-bond acceptors (Lipinski definition) is 4. The summed E-state index contributed by atoms with van der Waals surface area (Å²) in [6.07, 6.45) is -0.558. The van der Waals surface area contributed by atoms with Crippen molar-refractivity contribution < 1.29 is 9.53 Å². The first kappa shape index (κ1) is 10.7. The molecule has 14 heavy (non-hydrogen) atoms. The highest BCUT2D eigenvalue weighted by atomic mass is 32.1. The van der Waals surface area contributed by atoms with Gasteiger partial charge in [0.25, 0.3) is 0 Å². The van der Waals surface area contributed by atoms with Crippen molar-refractivity contribution in [3.8, 4) is 0 Å². The van der Waals surface area contributed by atoms with Crippen LogP contribution in [0.1, 0.15) is 16.7 Å². The number of ether oxygens (including phenoxy) is 1. The third kappa shape index (κ3) is 2.85. The monoisotopic (exact) mass is 212 g/mol. The van der Waals surface area contributed by atoms with Gasteiger partial charge in [-0.3, -0.25) is 0 Å². The van der Waals surface area contributed by atoms with Crippen LogP contribution in [0.2, 0.25) is 0 Å². The van der Waals surface area contributed by atoms with E-state index in [2.05, 4.69) is 15.3 Å². The van der Waals surface area contributed by atoms with Gasteiger partial charge in [0.1, 0.15) is 0 Å². The fourth-order valence-corrected chi connectivity index (χ4v) is 1.67. The highest BCUT2D eigenvalue weighted by Crippen LogP contribution is 2.15. The van der Waals surface area contributed by atoms with Crippen molar-refractivity contribution in [1.29, 1.82) is 0 Å². The van der Waals surface area contributed by atoms with Crippen molar-refractivity contribution in [2.75, 3.05) is 7.11 Å². The summed E-state index contributed by atoms with van der Waals surface area (Å²) >= 11 is 1.63. The summed E-state index contributed by atoms with van der Waals surface area (Å²) in [5, 5.41) is 3.88. The summed E-state index contributed by atoms with van der Waals surface area (Å²) in [4.78, 5) is 13.0. The fraction of sp³-hybridized carbons (Fsp3) is 0.333. The molecule has 1 heterocycles. The number of rotatable bonds is 2. The highest BCUT2D eigenvalue weighted by molar-refractivity contribution is 7.14.